The van der Waals surface area contributed by atoms with Crippen molar-refractivity contribution in [1.29, 1.82) is 0 Å². The van der Waals surface area contributed by atoms with E-state index >= 15 is 0 Å². The van der Waals surface area contributed by atoms with Gasteiger partial charge in [-0.05, 0) is 42.7 Å². The Kier molecular flexibility index (Phi) is 9.32. The van der Waals surface area contributed by atoms with Gasteiger partial charge >= 0.3 is 0 Å². The van der Waals surface area contributed by atoms with Crippen molar-refractivity contribution in [3.63, 3.8) is 0 Å². The van der Waals surface area contributed by atoms with E-state index in [0.29, 0.717) is 30.2 Å². The first-order chi connectivity index (χ1) is 18.7. The summed E-state index contributed by atoms with van der Waals surface area (Å²) >= 11 is 0. The number of fused-ring (bicyclic) bond motifs is 1. The van der Waals surface area contributed by atoms with Crippen LogP contribution in [0.2, 0.25) is 0 Å². The Balaban J connectivity index is 1.60. The molecule has 0 saturated heterocycles. The predicted octanol–water partition coefficient (Wildman–Crippen LogP) is 4.71. The monoisotopic (exact) mass is 530 g/mol. The maximum absolute atomic E-state index is 13.4. The lowest BCUT2D eigenvalue weighted by Gasteiger charge is -2.36. The summed E-state index contributed by atoms with van der Waals surface area (Å²) in [5.74, 6) is 0.289. The molecule has 2 aromatic carbocycles. The Hall–Kier alpha value is -3.75. The van der Waals surface area contributed by atoms with Gasteiger partial charge in [0, 0.05) is 70.3 Å². The maximum atomic E-state index is 13.4. The van der Waals surface area contributed by atoms with Crippen LogP contribution in [0.5, 0.6) is 5.75 Å². The van der Waals surface area contributed by atoms with Crippen LogP contribution in [0.25, 0.3) is 11.3 Å². The molecule has 1 N–H and O–H groups in total. The number of amides is 2. The fourth-order valence-electron chi connectivity index (χ4n) is 4.90. The van der Waals surface area contributed by atoms with Gasteiger partial charge in [-0.2, -0.15) is 0 Å². The smallest absolute Gasteiger partial charge is 0.257 e. The number of pyridine rings is 1. The van der Waals surface area contributed by atoms with Gasteiger partial charge in [0.1, 0.15) is 12.4 Å². The highest BCUT2D eigenvalue weighted by Gasteiger charge is 2.28. The molecule has 3 atom stereocenters. The molecular weight excluding hydrogens is 492 g/mol. The van der Waals surface area contributed by atoms with Crippen molar-refractivity contribution in [3.05, 3.63) is 78.0 Å². The molecule has 4 rings (SSSR count). The molecule has 2 amide bonds. The average Bonchev–Trinajstić information content (AvgIpc) is 2.93. The Labute approximate surface area is 230 Å². The Bertz CT molecular complexity index is 1270. The zero-order valence-electron chi connectivity index (χ0n) is 23.4. The number of nitrogens with zero attached hydrogens (tertiary/aromatic N) is 3. The van der Waals surface area contributed by atoms with Crippen LogP contribution in [0, 0.1) is 5.92 Å². The molecule has 0 aliphatic carbocycles. The first-order valence-electron chi connectivity index (χ1n) is 13.3. The lowest BCUT2D eigenvalue weighted by atomic mass is 10.0. The third-order valence-electron chi connectivity index (χ3n) is 7.20. The van der Waals surface area contributed by atoms with E-state index in [4.69, 9.17) is 9.47 Å². The van der Waals surface area contributed by atoms with Crippen LogP contribution < -0.4 is 10.1 Å². The molecule has 3 aromatic rings. The van der Waals surface area contributed by atoms with Crippen LogP contribution in [0.3, 0.4) is 0 Å². The number of anilines is 1. The zero-order valence-corrected chi connectivity index (χ0v) is 23.4. The van der Waals surface area contributed by atoms with Crippen LogP contribution >= 0.6 is 0 Å². The number of nitrogens with one attached hydrogen (secondary N) is 1. The van der Waals surface area contributed by atoms with Gasteiger partial charge in [-0.15, -0.1) is 0 Å². The van der Waals surface area contributed by atoms with E-state index in [2.05, 4.69) is 53.3 Å². The van der Waals surface area contributed by atoms with E-state index in [9.17, 15) is 9.59 Å². The van der Waals surface area contributed by atoms with Gasteiger partial charge in [0.05, 0.1) is 17.4 Å². The molecular formula is C31H38N4O4. The van der Waals surface area contributed by atoms with E-state index in [1.165, 1.54) is 12.5 Å². The van der Waals surface area contributed by atoms with Crippen LogP contribution in [-0.4, -0.2) is 72.6 Å². The molecule has 0 fully saturated rings. The Morgan fingerprint density at radius 2 is 1.87 bits per heavy atom. The van der Waals surface area contributed by atoms with Crippen molar-refractivity contribution in [2.24, 2.45) is 5.92 Å². The van der Waals surface area contributed by atoms with E-state index in [1.54, 1.807) is 43.5 Å². The quantitative estimate of drug-likeness (QED) is 0.514. The molecule has 1 aromatic heterocycles. The third kappa shape index (κ3) is 7.22. The molecule has 8 heteroatoms. The number of benzene rings is 2. The number of ether oxygens (including phenoxy) is 2. The maximum Gasteiger partial charge on any atom is 0.257 e. The van der Waals surface area contributed by atoms with Crippen molar-refractivity contribution >= 4 is 17.5 Å². The Morgan fingerprint density at radius 3 is 2.54 bits per heavy atom. The normalized spacial score (nSPS) is 20.8. The lowest BCUT2D eigenvalue weighted by molar-refractivity contribution is -0.114. The SMILES string of the molecule is CO[C@@H]1CN(C)C(=O)c2ccc(NC(C)=O)cc2OC[C@@H](C)N(Cc2ccc(-c3ccccn3)cc2)C[C@H]1C. The van der Waals surface area contributed by atoms with Gasteiger partial charge in [-0.25, -0.2) is 0 Å². The molecule has 0 spiro atoms. The summed E-state index contributed by atoms with van der Waals surface area (Å²) in [7, 11) is 3.48. The number of hydrogen-bond donors (Lipinski definition) is 1. The molecule has 0 bridgehead atoms. The van der Waals surface area contributed by atoms with Crippen LogP contribution in [0.15, 0.2) is 66.9 Å². The molecule has 39 heavy (non-hydrogen) atoms. The molecule has 206 valence electrons. The van der Waals surface area contributed by atoms with E-state index in [1.807, 2.05) is 18.2 Å². The van der Waals surface area contributed by atoms with Crippen LogP contribution in [0.4, 0.5) is 5.69 Å². The van der Waals surface area contributed by atoms with Crippen LogP contribution in [-0.2, 0) is 16.1 Å². The largest absolute Gasteiger partial charge is 0.491 e. The van der Waals surface area contributed by atoms with E-state index < -0.39 is 0 Å². The van der Waals surface area contributed by atoms with Crippen molar-refractivity contribution in [1.82, 2.24) is 14.8 Å². The van der Waals surface area contributed by atoms with Crippen molar-refractivity contribution in [2.45, 2.75) is 39.5 Å². The van der Waals surface area contributed by atoms with Gasteiger partial charge < -0.3 is 19.7 Å². The number of hydrogen-bond acceptors (Lipinski definition) is 6. The molecule has 0 unspecified atom stereocenters. The van der Waals surface area contributed by atoms with E-state index in [-0.39, 0.29) is 29.9 Å². The summed E-state index contributed by atoms with van der Waals surface area (Å²) < 4.78 is 12.1. The summed E-state index contributed by atoms with van der Waals surface area (Å²) in [4.78, 5) is 33.5. The minimum atomic E-state index is -0.183. The predicted molar refractivity (Wildman–Crippen MR) is 153 cm³/mol. The average molecular weight is 531 g/mol. The topological polar surface area (TPSA) is 84.0 Å². The van der Waals surface area contributed by atoms with Crippen molar-refractivity contribution in [3.8, 4) is 17.0 Å². The first-order valence-corrected chi connectivity index (χ1v) is 13.3. The second kappa shape index (κ2) is 12.9. The number of rotatable bonds is 5. The number of methoxy groups -OCH3 is 1. The van der Waals surface area contributed by atoms with Crippen molar-refractivity contribution in [2.75, 3.05) is 39.2 Å². The number of carbonyl (C=O) groups excluding carboxylic acids is 2. The van der Waals surface area contributed by atoms with Gasteiger partial charge in [-0.1, -0.05) is 37.3 Å². The highest BCUT2D eigenvalue weighted by molar-refractivity contribution is 5.98. The molecule has 0 saturated carbocycles. The summed E-state index contributed by atoms with van der Waals surface area (Å²) in [6.07, 6.45) is 1.67. The zero-order chi connectivity index (χ0) is 27.9. The fourth-order valence-corrected chi connectivity index (χ4v) is 4.90. The first kappa shape index (κ1) is 28.3. The third-order valence-corrected chi connectivity index (χ3v) is 7.20. The van der Waals surface area contributed by atoms with E-state index in [0.717, 1.165) is 24.3 Å². The Morgan fingerprint density at radius 1 is 1.10 bits per heavy atom. The van der Waals surface area contributed by atoms with Gasteiger partial charge in [0.15, 0.2) is 0 Å². The summed E-state index contributed by atoms with van der Waals surface area (Å²) in [6, 6.07) is 19.6. The number of likely N-dealkylation sites (N-methyl/N-ethyl adjacent to an activating group) is 1. The van der Waals surface area contributed by atoms with Crippen LogP contribution in [0.1, 0.15) is 36.7 Å². The van der Waals surface area contributed by atoms with Gasteiger partial charge in [0.2, 0.25) is 5.91 Å². The molecule has 1 aliphatic heterocycles. The number of aromatic nitrogens is 1. The summed E-state index contributed by atoms with van der Waals surface area (Å²) in [6.45, 7) is 8.08. The highest BCUT2D eigenvalue weighted by Crippen LogP contribution is 2.27. The molecule has 1 aliphatic rings. The fraction of sp³-hybridized carbons (Fsp3) is 0.387. The summed E-state index contributed by atoms with van der Waals surface area (Å²) in [5, 5.41) is 2.78. The summed E-state index contributed by atoms with van der Waals surface area (Å²) in [5.41, 5.74) is 4.26. The minimum Gasteiger partial charge on any atom is -0.491 e. The minimum absolute atomic E-state index is 0.0463. The second-order valence-corrected chi connectivity index (χ2v) is 10.3. The molecule has 2 heterocycles. The highest BCUT2D eigenvalue weighted by atomic mass is 16.5. The second-order valence-electron chi connectivity index (χ2n) is 10.3. The van der Waals surface area contributed by atoms with Crippen molar-refractivity contribution < 1.29 is 19.1 Å². The standard InChI is InChI=1S/C31H38N4O4/c1-21-17-35(18-24-9-11-25(12-10-24)28-8-6-7-15-32-28)22(2)20-39-29-16-26(33-23(3)36)13-14-27(29)31(37)34(4)19-30(21)38-5/h6-16,21-22,30H,17-20H2,1-5H3,(H,33,36)/t21-,22-,30-/m1/s1. The molecule has 8 nitrogen and oxygen atoms in total. The number of carbonyl (C=O) groups is 2. The van der Waals surface area contributed by atoms with Gasteiger partial charge in [-0.3, -0.25) is 19.5 Å². The lowest BCUT2D eigenvalue weighted by Crippen LogP contribution is -2.46. The molecule has 0 radical (unpaired) electrons. The van der Waals surface area contributed by atoms with Gasteiger partial charge in [0.25, 0.3) is 5.91 Å².